The second-order valence-corrected chi connectivity index (χ2v) is 3.82. The van der Waals surface area contributed by atoms with Gasteiger partial charge >= 0.3 is 0 Å². The van der Waals surface area contributed by atoms with Gasteiger partial charge in [0.05, 0.1) is 6.10 Å². The molecule has 0 aliphatic heterocycles. The number of nitrogen functional groups attached to an aromatic ring is 1. The van der Waals surface area contributed by atoms with Gasteiger partial charge in [-0.05, 0) is 44.5 Å². The van der Waals surface area contributed by atoms with Crippen LogP contribution in [-0.4, -0.2) is 19.3 Å². The monoisotopic (exact) mass is 208 g/mol. The Balaban J connectivity index is 2.12. The second kappa shape index (κ2) is 6.30. The Hall–Kier alpha value is -1.22. The lowest BCUT2D eigenvalue weighted by Gasteiger charge is -2.09. The van der Waals surface area contributed by atoms with Gasteiger partial charge in [0.1, 0.15) is 0 Å². The molecule has 0 bridgehead atoms. The van der Waals surface area contributed by atoms with Crippen molar-refractivity contribution in [3.8, 4) is 0 Å². The normalized spacial score (nSPS) is 10.6. The van der Waals surface area contributed by atoms with E-state index >= 15 is 0 Å². The van der Waals surface area contributed by atoms with Gasteiger partial charge in [-0.1, -0.05) is 0 Å². The minimum Gasteiger partial charge on any atom is -0.399 e. The highest BCUT2D eigenvalue weighted by Crippen LogP contribution is 2.10. The van der Waals surface area contributed by atoms with Gasteiger partial charge in [-0.25, -0.2) is 0 Å². The molecular formula is C12H20N2O. The molecule has 0 heterocycles. The van der Waals surface area contributed by atoms with Crippen LogP contribution in [0.4, 0.5) is 11.4 Å². The molecule has 0 saturated carbocycles. The van der Waals surface area contributed by atoms with Crippen molar-refractivity contribution in [1.82, 2.24) is 0 Å². The van der Waals surface area contributed by atoms with E-state index in [1.807, 2.05) is 38.1 Å². The van der Waals surface area contributed by atoms with Crippen LogP contribution >= 0.6 is 0 Å². The number of hydrogen-bond acceptors (Lipinski definition) is 3. The average Bonchev–Trinajstić information content (AvgIpc) is 2.20. The summed E-state index contributed by atoms with van der Waals surface area (Å²) in [5.74, 6) is 0. The van der Waals surface area contributed by atoms with E-state index in [1.54, 1.807) is 0 Å². The molecule has 0 aliphatic carbocycles. The highest BCUT2D eigenvalue weighted by molar-refractivity contribution is 5.50. The minimum atomic E-state index is 0.321. The molecule has 1 rings (SSSR count). The Bertz CT molecular complexity index is 269. The second-order valence-electron chi connectivity index (χ2n) is 3.82. The molecule has 0 aliphatic rings. The van der Waals surface area contributed by atoms with E-state index in [-0.39, 0.29) is 0 Å². The third kappa shape index (κ3) is 5.27. The number of rotatable bonds is 6. The molecule has 0 spiro atoms. The summed E-state index contributed by atoms with van der Waals surface area (Å²) in [5.41, 5.74) is 7.49. The molecule has 0 saturated heterocycles. The summed E-state index contributed by atoms with van der Waals surface area (Å²) in [5, 5.41) is 3.31. The number of anilines is 2. The largest absolute Gasteiger partial charge is 0.399 e. The van der Waals surface area contributed by atoms with Crippen LogP contribution in [0.1, 0.15) is 20.3 Å². The smallest absolute Gasteiger partial charge is 0.0518 e. The van der Waals surface area contributed by atoms with Crippen molar-refractivity contribution in [1.29, 1.82) is 0 Å². The zero-order valence-corrected chi connectivity index (χ0v) is 9.49. The van der Waals surface area contributed by atoms with Crippen LogP contribution in [0, 0.1) is 0 Å². The zero-order chi connectivity index (χ0) is 11.1. The molecule has 0 fully saturated rings. The van der Waals surface area contributed by atoms with E-state index in [0.717, 1.165) is 30.9 Å². The van der Waals surface area contributed by atoms with Gasteiger partial charge in [0.2, 0.25) is 0 Å². The maximum absolute atomic E-state index is 5.59. The fourth-order valence-corrected chi connectivity index (χ4v) is 1.22. The first-order valence-electron chi connectivity index (χ1n) is 5.39. The molecule has 15 heavy (non-hydrogen) atoms. The summed E-state index contributed by atoms with van der Waals surface area (Å²) in [6.45, 7) is 5.83. The van der Waals surface area contributed by atoms with Crippen LogP contribution in [0.25, 0.3) is 0 Å². The molecule has 0 amide bonds. The topological polar surface area (TPSA) is 47.3 Å². The highest BCUT2D eigenvalue weighted by atomic mass is 16.5. The molecule has 1 aromatic carbocycles. The average molecular weight is 208 g/mol. The number of hydrogen-bond donors (Lipinski definition) is 2. The molecule has 0 atom stereocenters. The van der Waals surface area contributed by atoms with Crippen molar-refractivity contribution in [2.24, 2.45) is 0 Å². The maximum atomic E-state index is 5.59. The Morgan fingerprint density at radius 1 is 1.27 bits per heavy atom. The Labute approximate surface area is 91.6 Å². The van der Waals surface area contributed by atoms with E-state index < -0.39 is 0 Å². The number of nitrogens with two attached hydrogens (primary N) is 1. The Kier molecular flexibility index (Phi) is 4.98. The highest BCUT2D eigenvalue weighted by Gasteiger charge is 1.94. The lowest BCUT2D eigenvalue weighted by Crippen LogP contribution is -2.09. The minimum absolute atomic E-state index is 0.321. The van der Waals surface area contributed by atoms with Crippen molar-refractivity contribution in [2.45, 2.75) is 26.4 Å². The van der Waals surface area contributed by atoms with Crippen LogP contribution in [0.3, 0.4) is 0 Å². The van der Waals surface area contributed by atoms with E-state index in [9.17, 15) is 0 Å². The predicted octanol–water partition coefficient (Wildman–Crippen LogP) is 2.50. The van der Waals surface area contributed by atoms with Gasteiger partial charge in [0, 0.05) is 24.5 Å². The van der Waals surface area contributed by atoms with Crippen molar-refractivity contribution < 1.29 is 4.74 Å². The molecule has 0 unspecified atom stereocenters. The third-order valence-corrected chi connectivity index (χ3v) is 2.01. The van der Waals surface area contributed by atoms with Crippen LogP contribution in [0.15, 0.2) is 24.3 Å². The quantitative estimate of drug-likeness (QED) is 0.558. The molecule has 1 aromatic rings. The zero-order valence-electron chi connectivity index (χ0n) is 9.49. The van der Waals surface area contributed by atoms with Crippen LogP contribution in [-0.2, 0) is 4.74 Å². The van der Waals surface area contributed by atoms with Crippen LogP contribution in [0.5, 0.6) is 0 Å². The van der Waals surface area contributed by atoms with Gasteiger partial charge in [0.15, 0.2) is 0 Å². The van der Waals surface area contributed by atoms with Gasteiger partial charge in [0.25, 0.3) is 0 Å². The molecule has 84 valence electrons. The number of ether oxygens (including phenoxy) is 1. The van der Waals surface area contributed by atoms with E-state index in [0.29, 0.717) is 6.10 Å². The molecule has 3 nitrogen and oxygen atoms in total. The van der Waals surface area contributed by atoms with E-state index in [2.05, 4.69) is 5.32 Å². The van der Waals surface area contributed by atoms with Crippen LogP contribution in [0.2, 0.25) is 0 Å². The maximum Gasteiger partial charge on any atom is 0.0518 e. The summed E-state index contributed by atoms with van der Waals surface area (Å²) in [4.78, 5) is 0. The standard InChI is InChI=1S/C12H20N2O/c1-10(2)15-9-3-8-14-12-6-4-11(13)5-7-12/h4-7,10,14H,3,8-9,13H2,1-2H3. The third-order valence-electron chi connectivity index (χ3n) is 2.01. The summed E-state index contributed by atoms with van der Waals surface area (Å²) in [6, 6.07) is 7.76. The fraction of sp³-hybridized carbons (Fsp3) is 0.500. The molecular weight excluding hydrogens is 188 g/mol. The lowest BCUT2D eigenvalue weighted by molar-refractivity contribution is 0.0787. The van der Waals surface area contributed by atoms with Crippen LogP contribution < -0.4 is 11.1 Å². The molecule has 0 aromatic heterocycles. The van der Waals surface area contributed by atoms with E-state index in [1.165, 1.54) is 0 Å². The first kappa shape index (κ1) is 11.9. The van der Waals surface area contributed by atoms with Crippen molar-refractivity contribution >= 4 is 11.4 Å². The molecule has 3 N–H and O–H groups in total. The van der Waals surface area contributed by atoms with Crippen molar-refractivity contribution in [3.05, 3.63) is 24.3 Å². The summed E-state index contributed by atoms with van der Waals surface area (Å²) in [6.07, 6.45) is 1.34. The Morgan fingerprint density at radius 2 is 1.93 bits per heavy atom. The van der Waals surface area contributed by atoms with Crippen molar-refractivity contribution in [2.75, 3.05) is 24.2 Å². The summed E-state index contributed by atoms with van der Waals surface area (Å²) in [7, 11) is 0. The first-order valence-corrected chi connectivity index (χ1v) is 5.39. The predicted molar refractivity (Wildman–Crippen MR) is 65.0 cm³/mol. The Morgan fingerprint density at radius 3 is 2.53 bits per heavy atom. The SMILES string of the molecule is CC(C)OCCCNc1ccc(N)cc1. The molecule has 3 heteroatoms. The van der Waals surface area contributed by atoms with Gasteiger partial charge in [-0.15, -0.1) is 0 Å². The molecule has 0 radical (unpaired) electrons. The van der Waals surface area contributed by atoms with Crippen molar-refractivity contribution in [3.63, 3.8) is 0 Å². The van der Waals surface area contributed by atoms with Gasteiger partial charge in [-0.3, -0.25) is 0 Å². The lowest BCUT2D eigenvalue weighted by atomic mass is 10.3. The number of benzene rings is 1. The van der Waals surface area contributed by atoms with Gasteiger partial charge in [-0.2, -0.15) is 0 Å². The fourth-order valence-electron chi connectivity index (χ4n) is 1.22. The number of nitrogens with one attached hydrogen (secondary N) is 1. The summed E-state index contributed by atoms with van der Waals surface area (Å²) >= 11 is 0. The van der Waals surface area contributed by atoms with Gasteiger partial charge < -0.3 is 15.8 Å². The van der Waals surface area contributed by atoms with E-state index in [4.69, 9.17) is 10.5 Å². The summed E-state index contributed by atoms with van der Waals surface area (Å²) < 4.78 is 5.44. The first-order chi connectivity index (χ1) is 7.18.